The van der Waals surface area contributed by atoms with Gasteiger partial charge in [-0.25, -0.2) is 4.79 Å². The fourth-order valence-corrected chi connectivity index (χ4v) is 9.39. The molecule has 1 amide bonds. The summed E-state index contributed by atoms with van der Waals surface area (Å²) in [6, 6.07) is -1.23. The highest BCUT2D eigenvalue weighted by molar-refractivity contribution is 5.82. The van der Waals surface area contributed by atoms with Gasteiger partial charge in [0.15, 0.2) is 0 Å². The van der Waals surface area contributed by atoms with Crippen molar-refractivity contribution in [3.8, 4) is 0 Å². The molecule has 0 radical (unpaired) electrons. The third-order valence-corrected chi connectivity index (χ3v) is 15.2. The van der Waals surface area contributed by atoms with E-state index in [9.17, 15) is 34.2 Å². The zero-order chi connectivity index (χ0) is 57.8. The topological polar surface area (TPSA) is 200 Å². The van der Waals surface area contributed by atoms with Crippen LogP contribution in [-0.2, 0) is 57.1 Å². The SMILES string of the molecule is COC[C@@H](C(=O)O[C@@H]1CC=CC=CC(=O)O[C@H]([C@@H](C)[C@@H](O)[C@@H](C)CC[C@@H](OC(=O)[C@H](C)N(C)C)[C@H](C)[C@H](OC(C)=O)[C@H](C)/C=C/N(C)C=O)CC=C[C@H](OC)C[C@H](C)CC=C(C)[C@@H](OC)CC[C@@H](C)[C@@H](O)[C@@H]1C)N(C)C. The average Bonchev–Trinajstić information content (AvgIpc) is 3.38. The van der Waals surface area contributed by atoms with Gasteiger partial charge in [-0.3, -0.25) is 29.0 Å². The van der Waals surface area contributed by atoms with Crippen LogP contribution in [-0.4, -0.2) is 179 Å². The number of nitrogens with zero attached hydrogens (tertiary/aromatic N) is 3. The maximum Gasteiger partial charge on any atom is 0.331 e. The molecule has 0 aliphatic carbocycles. The standard InChI is InChI=1S/C59H101N3O14/c1-38-27-28-39(2)50(72-18)31-29-40(3)56(67)44(7)52(76-59(69)49(36-70-16)61(13)14)24-20-19-21-26-54(65)74-51(25-22-23-48(35-38)71-17)43(6)55(66)41(4)30-32-53(75-58(68)46(9)60(11)12)45(8)57(73-47(10)64)42(5)33-34-62(15)37-63/h19-23,26,28,33-34,37-38,40-46,48-53,55-57,66-67H,24-25,27,29-32,35-36H2,1-18H3/b20-19?,23-22?,26-21?,34-33+,39-28?/t38-,40-,41+,42-,43-,44-,45+,46+,48+,49+,50+,51+,52-,53-,55+,56-,57-/m1/s1. The number of carbonyl (C=O) groups is 5. The molecule has 1 aliphatic rings. The summed E-state index contributed by atoms with van der Waals surface area (Å²) in [6.07, 6.45) is 15.5. The van der Waals surface area contributed by atoms with Crippen LogP contribution in [0.1, 0.15) is 121 Å². The molecule has 17 heteroatoms. The highest BCUT2D eigenvalue weighted by atomic mass is 16.6. The maximum atomic E-state index is 13.6. The number of hydrogen-bond acceptors (Lipinski definition) is 16. The van der Waals surface area contributed by atoms with Crippen molar-refractivity contribution in [3.05, 3.63) is 60.4 Å². The number of carbonyl (C=O) groups excluding carboxylic acids is 5. The van der Waals surface area contributed by atoms with E-state index in [1.54, 1.807) is 96.7 Å². The minimum Gasteiger partial charge on any atom is -0.462 e. The number of hydrogen-bond donors (Lipinski definition) is 2. The molecule has 17 atom stereocenters. The van der Waals surface area contributed by atoms with Gasteiger partial charge in [0.05, 0.1) is 31.0 Å². The Labute approximate surface area is 457 Å². The quantitative estimate of drug-likeness (QED) is 0.0435. The van der Waals surface area contributed by atoms with Crippen molar-refractivity contribution in [1.82, 2.24) is 14.7 Å². The molecule has 17 nitrogen and oxygen atoms in total. The van der Waals surface area contributed by atoms with Crippen molar-refractivity contribution in [2.45, 2.75) is 182 Å². The van der Waals surface area contributed by atoms with Gasteiger partial charge >= 0.3 is 23.9 Å². The van der Waals surface area contributed by atoms with Gasteiger partial charge in [0.1, 0.15) is 36.5 Å². The predicted octanol–water partition coefficient (Wildman–Crippen LogP) is 7.74. The van der Waals surface area contributed by atoms with Gasteiger partial charge in [-0.15, -0.1) is 0 Å². The number of aliphatic hydroxyl groups excluding tert-OH is 2. The normalized spacial score (nSPS) is 26.7. The molecule has 2 N–H and O–H groups in total. The highest BCUT2D eigenvalue weighted by Crippen LogP contribution is 2.32. The molecule has 0 fully saturated rings. The molecule has 0 aromatic carbocycles. The van der Waals surface area contributed by atoms with Gasteiger partial charge in [-0.05, 0) is 104 Å². The van der Waals surface area contributed by atoms with E-state index >= 15 is 0 Å². The van der Waals surface area contributed by atoms with Crippen LogP contribution in [0.5, 0.6) is 0 Å². The molecule has 1 rings (SSSR count). The van der Waals surface area contributed by atoms with Crippen molar-refractivity contribution in [2.75, 3.05) is 63.2 Å². The third kappa shape index (κ3) is 25.1. The first-order chi connectivity index (χ1) is 35.7. The Balaban J connectivity index is 3.70. The summed E-state index contributed by atoms with van der Waals surface area (Å²) in [6.45, 7) is 18.8. The largest absolute Gasteiger partial charge is 0.462 e. The van der Waals surface area contributed by atoms with E-state index in [1.807, 2.05) is 53.7 Å². The van der Waals surface area contributed by atoms with Gasteiger partial charge in [0.25, 0.3) is 0 Å². The number of cyclic esters (lactones) is 1. The molecular weight excluding hydrogens is 975 g/mol. The molecule has 1 aliphatic heterocycles. The van der Waals surface area contributed by atoms with E-state index in [2.05, 4.69) is 19.9 Å². The van der Waals surface area contributed by atoms with Crippen molar-refractivity contribution in [2.24, 2.45) is 41.4 Å². The van der Waals surface area contributed by atoms with Crippen molar-refractivity contribution in [1.29, 1.82) is 0 Å². The third-order valence-electron chi connectivity index (χ3n) is 15.2. The molecule has 0 saturated carbocycles. The minimum absolute atomic E-state index is 0.129. The molecule has 0 aromatic heterocycles. The summed E-state index contributed by atoms with van der Waals surface area (Å²) in [5.74, 6) is -4.21. The first kappa shape index (κ1) is 69.8. The van der Waals surface area contributed by atoms with E-state index in [0.717, 1.165) is 18.4 Å². The fraction of sp³-hybridized carbons (Fsp3) is 0.746. The first-order valence-corrected chi connectivity index (χ1v) is 27.3. The summed E-state index contributed by atoms with van der Waals surface area (Å²) in [5, 5.41) is 23.8. The van der Waals surface area contributed by atoms with Gasteiger partial charge < -0.3 is 48.3 Å². The molecule has 0 aromatic rings. The lowest BCUT2D eigenvalue weighted by Gasteiger charge is -2.35. The Bertz CT molecular complexity index is 1870. The van der Waals surface area contributed by atoms with E-state index in [-0.39, 0.29) is 55.3 Å². The summed E-state index contributed by atoms with van der Waals surface area (Å²) < 4.78 is 41.5. The highest BCUT2D eigenvalue weighted by Gasteiger charge is 2.38. The number of rotatable bonds is 23. The fourth-order valence-electron chi connectivity index (χ4n) is 9.39. The van der Waals surface area contributed by atoms with Gasteiger partial charge in [0, 0.05) is 84.1 Å². The van der Waals surface area contributed by atoms with E-state index in [0.29, 0.717) is 32.1 Å². The van der Waals surface area contributed by atoms with Crippen molar-refractivity contribution < 1.29 is 67.3 Å². The lowest BCUT2D eigenvalue weighted by atomic mass is 9.82. The van der Waals surface area contributed by atoms with Gasteiger partial charge in [-0.1, -0.05) is 91.0 Å². The Hall–Kier alpha value is -4.23. The lowest BCUT2D eigenvalue weighted by Crippen LogP contribution is -2.44. The van der Waals surface area contributed by atoms with Crippen LogP contribution in [0.4, 0.5) is 0 Å². The summed E-state index contributed by atoms with van der Waals surface area (Å²) in [7, 11) is 13.6. The second kappa shape index (κ2) is 36.8. The van der Waals surface area contributed by atoms with E-state index < -0.39 is 90.3 Å². The molecule has 0 spiro atoms. The summed E-state index contributed by atoms with van der Waals surface area (Å²) >= 11 is 0. The van der Waals surface area contributed by atoms with Crippen molar-refractivity contribution in [3.63, 3.8) is 0 Å². The van der Waals surface area contributed by atoms with Gasteiger partial charge in [-0.2, -0.15) is 0 Å². The van der Waals surface area contributed by atoms with Crippen LogP contribution in [0.3, 0.4) is 0 Å². The maximum absolute atomic E-state index is 13.6. The Kier molecular flexibility index (Phi) is 33.8. The number of esters is 4. The number of aliphatic hydroxyl groups is 2. The zero-order valence-electron chi connectivity index (χ0n) is 49.6. The summed E-state index contributed by atoms with van der Waals surface area (Å²) in [5.41, 5.74) is 1.10. The Morgan fingerprint density at radius 1 is 0.868 bits per heavy atom. The second-order valence-corrected chi connectivity index (χ2v) is 21.9. The smallest absolute Gasteiger partial charge is 0.331 e. The monoisotopic (exact) mass is 1080 g/mol. The Morgan fingerprint density at radius 2 is 1.54 bits per heavy atom. The number of amides is 1. The molecule has 0 bridgehead atoms. The van der Waals surface area contributed by atoms with Crippen LogP contribution in [0.25, 0.3) is 0 Å². The molecule has 0 saturated heterocycles. The number of allylic oxidation sites excluding steroid dienone is 3. The molecule has 1 heterocycles. The van der Waals surface area contributed by atoms with Gasteiger partial charge in [0.2, 0.25) is 6.41 Å². The van der Waals surface area contributed by atoms with Crippen LogP contribution in [0.15, 0.2) is 60.4 Å². The number of likely N-dealkylation sites (N-methyl/N-ethyl adjacent to an activating group) is 2. The van der Waals surface area contributed by atoms with Crippen molar-refractivity contribution >= 4 is 30.3 Å². The zero-order valence-corrected chi connectivity index (χ0v) is 49.6. The molecular formula is C59H101N3O14. The molecule has 436 valence electrons. The van der Waals surface area contributed by atoms with Crippen LogP contribution in [0, 0.1) is 41.4 Å². The van der Waals surface area contributed by atoms with Crippen LogP contribution in [0.2, 0.25) is 0 Å². The first-order valence-electron chi connectivity index (χ1n) is 27.3. The van der Waals surface area contributed by atoms with E-state index in [4.69, 9.17) is 33.2 Å². The Morgan fingerprint density at radius 3 is 2.12 bits per heavy atom. The lowest BCUT2D eigenvalue weighted by molar-refractivity contribution is -0.166. The van der Waals surface area contributed by atoms with Crippen LogP contribution >= 0.6 is 0 Å². The summed E-state index contributed by atoms with van der Waals surface area (Å²) in [4.78, 5) is 69.3. The molecule has 76 heavy (non-hydrogen) atoms. The second-order valence-electron chi connectivity index (χ2n) is 21.9. The van der Waals surface area contributed by atoms with E-state index in [1.165, 1.54) is 25.0 Å². The van der Waals surface area contributed by atoms with Crippen LogP contribution < -0.4 is 0 Å². The molecule has 0 unspecified atom stereocenters. The average molecular weight is 1080 g/mol. The number of ether oxygens (including phenoxy) is 7. The number of methoxy groups -OCH3 is 3. The minimum atomic E-state index is -0.973. The predicted molar refractivity (Wildman–Crippen MR) is 297 cm³/mol.